The van der Waals surface area contributed by atoms with Crippen LogP contribution in [0.4, 0.5) is 0 Å². The molecule has 24 heavy (non-hydrogen) atoms. The van der Waals surface area contributed by atoms with Gasteiger partial charge in [0, 0.05) is 13.5 Å². The highest BCUT2D eigenvalue weighted by Crippen LogP contribution is 2.30. The first-order chi connectivity index (χ1) is 11.3. The molecule has 6 nitrogen and oxygen atoms in total. The zero-order valence-corrected chi connectivity index (χ0v) is 15.1. The van der Waals surface area contributed by atoms with Gasteiger partial charge in [0.15, 0.2) is 10.9 Å². The average Bonchev–Trinajstić information content (AvgIpc) is 3.20. The Morgan fingerprint density at radius 3 is 2.62 bits per heavy atom. The van der Waals surface area contributed by atoms with E-state index in [1.807, 2.05) is 0 Å². The standard InChI is InChI=1S/C16H19NO5S2/c1-9(15(20)17-7-3-5-11(17)16(21)22)14(24-10(2)18)13(19)12-6-4-8-23-12/h4,6,8-9,11,14H,3,5,7H2,1-2H3,(H,21,22)/t9-,11-,14-/m0/s1. The molecule has 0 aliphatic carbocycles. The molecule has 1 aliphatic rings. The van der Waals surface area contributed by atoms with Crippen molar-refractivity contribution in [1.29, 1.82) is 0 Å². The number of nitrogens with zero attached hydrogens (tertiary/aromatic N) is 1. The van der Waals surface area contributed by atoms with E-state index in [-0.39, 0.29) is 16.8 Å². The number of amides is 1. The van der Waals surface area contributed by atoms with E-state index in [0.29, 0.717) is 24.3 Å². The Labute approximate surface area is 148 Å². The predicted molar refractivity (Wildman–Crippen MR) is 92.2 cm³/mol. The van der Waals surface area contributed by atoms with Crippen LogP contribution in [0.25, 0.3) is 0 Å². The number of Topliss-reactive ketones (excluding diaryl/α,β-unsaturated/α-hetero) is 1. The van der Waals surface area contributed by atoms with E-state index in [1.54, 1.807) is 24.4 Å². The summed E-state index contributed by atoms with van der Waals surface area (Å²) in [6.45, 7) is 3.31. The van der Waals surface area contributed by atoms with E-state index in [4.69, 9.17) is 0 Å². The Balaban J connectivity index is 2.22. The predicted octanol–water partition coefficient (Wildman–Crippen LogP) is 2.29. The Kier molecular flexibility index (Phi) is 6.17. The monoisotopic (exact) mass is 369 g/mol. The van der Waals surface area contributed by atoms with E-state index in [9.17, 15) is 24.3 Å². The number of thioether (sulfide) groups is 1. The number of rotatable bonds is 6. The van der Waals surface area contributed by atoms with Crippen molar-refractivity contribution in [3.8, 4) is 0 Å². The van der Waals surface area contributed by atoms with Crippen LogP contribution in [0, 0.1) is 5.92 Å². The Hall–Kier alpha value is -1.67. The van der Waals surface area contributed by atoms with Gasteiger partial charge < -0.3 is 10.0 Å². The number of hydrogen-bond donors (Lipinski definition) is 1. The highest BCUT2D eigenvalue weighted by Gasteiger charge is 2.40. The molecule has 1 aliphatic heterocycles. The van der Waals surface area contributed by atoms with Gasteiger partial charge in [0.25, 0.3) is 0 Å². The van der Waals surface area contributed by atoms with Crippen LogP contribution in [-0.4, -0.2) is 50.6 Å². The van der Waals surface area contributed by atoms with Gasteiger partial charge in [-0.15, -0.1) is 11.3 Å². The van der Waals surface area contributed by atoms with Gasteiger partial charge in [0.2, 0.25) is 5.91 Å². The normalized spacial score (nSPS) is 19.8. The quantitative estimate of drug-likeness (QED) is 0.774. The van der Waals surface area contributed by atoms with Crippen LogP contribution < -0.4 is 0 Å². The van der Waals surface area contributed by atoms with Crippen LogP contribution in [0.3, 0.4) is 0 Å². The molecule has 2 rings (SSSR count). The zero-order chi connectivity index (χ0) is 17.9. The summed E-state index contributed by atoms with van der Waals surface area (Å²) >= 11 is 2.09. The van der Waals surface area contributed by atoms with Crippen LogP contribution in [0.15, 0.2) is 17.5 Å². The highest BCUT2D eigenvalue weighted by atomic mass is 32.2. The minimum Gasteiger partial charge on any atom is -0.480 e. The Morgan fingerprint density at radius 1 is 1.38 bits per heavy atom. The van der Waals surface area contributed by atoms with E-state index >= 15 is 0 Å². The Bertz CT molecular complexity index is 643. The molecule has 1 amide bonds. The van der Waals surface area contributed by atoms with Crippen LogP contribution >= 0.6 is 23.1 Å². The fourth-order valence-electron chi connectivity index (χ4n) is 2.80. The largest absolute Gasteiger partial charge is 0.480 e. The summed E-state index contributed by atoms with van der Waals surface area (Å²) in [5.74, 6) is -2.46. The third-order valence-electron chi connectivity index (χ3n) is 3.98. The summed E-state index contributed by atoms with van der Waals surface area (Å²) in [5.41, 5.74) is 0. The van der Waals surface area contributed by atoms with E-state index in [0.717, 1.165) is 11.8 Å². The number of carboxylic acid groups (broad SMARTS) is 1. The van der Waals surface area contributed by atoms with Crippen LogP contribution in [0.2, 0.25) is 0 Å². The molecule has 0 spiro atoms. The molecular weight excluding hydrogens is 350 g/mol. The minimum atomic E-state index is -1.03. The van der Waals surface area contributed by atoms with Gasteiger partial charge in [-0.25, -0.2) is 4.79 Å². The van der Waals surface area contributed by atoms with E-state index in [1.165, 1.54) is 23.2 Å². The molecule has 130 valence electrons. The summed E-state index contributed by atoms with van der Waals surface area (Å²) < 4.78 is 0. The fraction of sp³-hybridized carbons (Fsp3) is 0.500. The average molecular weight is 369 g/mol. The lowest BCUT2D eigenvalue weighted by Gasteiger charge is -2.28. The summed E-state index contributed by atoms with van der Waals surface area (Å²) in [5, 5.41) is 9.91. The fourth-order valence-corrected chi connectivity index (χ4v) is 4.49. The molecular formula is C16H19NO5S2. The first kappa shape index (κ1) is 18.7. The molecule has 0 saturated carbocycles. The first-order valence-corrected chi connectivity index (χ1v) is 9.37. The van der Waals surface area contributed by atoms with Crippen LogP contribution in [0.1, 0.15) is 36.4 Å². The lowest BCUT2D eigenvalue weighted by molar-refractivity contribution is -0.149. The first-order valence-electron chi connectivity index (χ1n) is 7.61. The summed E-state index contributed by atoms with van der Waals surface area (Å²) in [4.78, 5) is 50.1. The smallest absolute Gasteiger partial charge is 0.326 e. The van der Waals surface area contributed by atoms with Crippen molar-refractivity contribution in [3.05, 3.63) is 22.4 Å². The van der Waals surface area contributed by atoms with Crippen LogP contribution in [0.5, 0.6) is 0 Å². The van der Waals surface area contributed by atoms with Gasteiger partial charge in [-0.05, 0) is 24.3 Å². The number of hydrogen-bond acceptors (Lipinski definition) is 6. The number of aliphatic carboxylic acids is 1. The maximum atomic E-state index is 12.7. The minimum absolute atomic E-state index is 0.249. The maximum absolute atomic E-state index is 12.7. The molecule has 0 unspecified atom stereocenters. The third-order valence-corrected chi connectivity index (χ3v) is 6.07. The van der Waals surface area contributed by atoms with Gasteiger partial charge in [-0.1, -0.05) is 24.8 Å². The molecule has 1 fully saturated rings. The lowest BCUT2D eigenvalue weighted by Crippen LogP contribution is -2.46. The summed E-state index contributed by atoms with van der Waals surface area (Å²) in [6, 6.07) is 2.55. The molecule has 8 heteroatoms. The molecule has 1 saturated heterocycles. The zero-order valence-electron chi connectivity index (χ0n) is 13.4. The molecule has 1 N–H and O–H groups in total. The van der Waals surface area contributed by atoms with E-state index in [2.05, 4.69) is 0 Å². The van der Waals surface area contributed by atoms with Crippen molar-refractivity contribution in [1.82, 2.24) is 4.90 Å². The van der Waals surface area contributed by atoms with Crippen molar-refractivity contribution in [3.63, 3.8) is 0 Å². The topological polar surface area (TPSA) is 91.8 Å². The molecule has 0 radical (unpaired) electrons. The van der Waals surface area contributed by atoms with Crippen molar-refractivity contribution < 1.29 is 24.3 Å². The second kappa shape index (κ2) is 7.94. The Morgan fingerprint density at radius 2 is 2.08 bits per heavy atom. The molecule has 0 bridgehead atoms. The van der Waals surface area contributed by atoms with Gasteiger partial charge in [-0.2, -0.15) is 0 Å². The number of carbonyl (C=O) groups excluding carboxylic acids is 3. The number of carbonyl (C=O) groups is 4. The van der Waals surface area contributed by atoms with Gasteiger partial charge in [0.05, 0.1) is 16.0 Å². The SMILES string of the molecule is CC(=O)S[C@H](C(=O)c1cccs1)[C@H](C)C(=O)N1CCC[C@H]1C(=O)O. The molecule has 0 aromatic carbocycles. The number of ketones is 1. The second-order valence-corrected chi connectivity index (χ2v) is 7.95. The molecule has 3 atom stereocenters. The lowest BCUT2D eigenvalue weighted by atomic mass is 10.0. The number of likely N-dealkylation sites (tertiary alicyclic amines) is 1. The highest BCUT2D eigenvalue weighted by molar-refractivity contribution is 8.14. The number of thiophene rings is 1. The van der Waals surface area contributed by atoms with Gasteiger partial charge in [-0.3, -0.25) is 14.4 Å². The molecule has 1 aromatic rings. The molecule has 1 aromatic heterocycles. The van der Waals surface area contributed by atoms with E-state index < -0.39 is 23.2 Å². The van der Waals surface area contributed by atoms with Gasteiger partial charge >= 0.3 is 5.97 Å². The second-order valence-electron chi connectivity index (χ2n) is 5.69. The van der Waals surface area contributed by atoms with Crippen molar-refractivity contribution in [2.24, 2.45) is 5.92 Å². The maximum Gasteiger partial charge on any atom is 0.326 e. The van der Waals surface area contributed by atoms with Gasteiger partial charge in [0.1, 0.15) is 6.04 Å². The van der Waals surface area contributed by atoms with Crippen LogP contribution in [-0.2, 0) is 14.4 Å². The summed E-state index contributed by atoms with van der Waals surface area (Å²) in [7, 11) is 0. The van der Waals surface area contributed by atoms with Crippen molar-refractivity contribution >= 4 is 45.9 Å². The van der Waals surface area contributed by atoms with Crippen molar-refractivity contribution in [2.45, 2.75) is 38.0 Å². The van der Waals surface area contributed by atoms with Crippen molar-refractivity contribution in [2.75, 3.05) is 6.54 Å². The number of carboxylic acids is 1. The third kappa shape index (κ3) is 4.05. The summed E-state index contributed by atoms with van der Waals surface area (Å²) in [6.07, 6.45) is 1.04. The molecule has 2 heterocycles.